The second-order valence-electron chi connectivity index (χ2n) is 4.11. The number of hydrogen-bond acceptors (Lipinski definition) is 4. The zero-order chi connectivity index (χ0) is 16.0. The van der Waals surface area contributed by atoms with Gasteiger partial charge in [-0.25, -0.2) is 4.79 Å². The van der Waals surface area contributed by atoms with Crippen LogP contribution in [0.3, 0.4) is 0 Å². The summed E-state index contributed by atoms with van der Waals surface area (Å²) in [5.74, 6) is -2.41. The summed E-state index contributed by atoms with van der Waals surface area (Å²) in [6.07, 6.45) is -0.190. The second-order valence-corrected chi connectivity index (χ2v) is 4.92. The average Bonchev–Trinajstić information content (AvgIpc) is 2.45. The number of methoxy groups -OCH3 is 1. The highest BCUT2D eigenvalue weighted by Crippen LogP contribution is 2.22. The van der Waals surface area contributed by atoms with Crippen molar-refractivity contribution < 1.29 is 24.2 Å². The van der Waals surface area contributed by atoms with Crippen LogP contribution in [0.15, 0.2) is 18.2 Å². The van der Waals surface area contributed by atoms with Crippen molar-refractivity contribution in [1.29, 1.82) is 0 Å². The smallest absolute Gasteiger partial charge is 0.326 e. The molecule has 0 fully saturated rings. The van der Waals surface area contributed by atoms with Crippen LogP contribution in [-0.4, -0.2) is 36.1 Å². The topological polar surface area (TPSA) is 92.7 Å². The predicted octanol–water partition coefficient (Wildman–Crippen LogP) is 2.13. The van der Waals surface area contributed by atoms with Gasteiger partial charge in [-0.1, -0.05) is 23.2 Å². The van der Waals surface area contributed by atoms with Gasteiger partial charge in [0.1, 0.15) is 6.04 Å². The van der Waals surface area contributed by atoms with Crippen molar-refractivity contribution >= 4 is 41.0 Å². The molecule has 0 radical (unpaired) electrons. The SMILES string of the molecule is COC(=O)CC[C@@H](NC(=O)c1ccc(Cl)c(Cl)c1)C(=O)O. The number of amides is 1. The number of benzene rings is 1. The molecule has 1 aromatic rings. The Kier molecular flexibility index (Phi) is 6.45. The number of carboxylic acids is 1. The Hall–Kier alpha value is -1.79. The third-order valence-corrected chi connectivity index (χ3v) is 3.39. The van der Waals surface area contributed by atoms with Crippen molar-refractivity contribution in [3.05, 3.63) is 33.8 Å². The van der Waals surface area contributed by atoms with E-state index in [1.54, 1.807) is 0 Å². The van der Waals surface area contributed by atoms with E-state index in [0.717, 1.165) is 0 Å². The minimum atomic E-state index is -1.24. The average molecular weight is 334 g/mol. The van der Waals surface area contributed by atoms with Crippen LogP contribution in [0.5, 0.6) is 0 Å². The first-order valence-corrected chi connectivity index (χ1v) is 6.66. The van der Waals surface area contributed by atoms with Crippen LogP contribution < -0.4 is 5.32 Å². The summed E-state index contributed by atoms with van der Waals surface area (Å²) in [6.45, 7) is 0. The number of rotatable bonds is 6. The Morgan fingerprint density at radius 2 is 1.95 bits per heavy atom. The van der Waals surface area contributed by atoms with Gasteiger partial charge in [-0.05, 0) is 24.6 Å². The molecule has 1 atom stereocenters. The summed E-state index contributed by atoms with van der Waals surface area (Å²) in [6, 6.07) is 2.98. The quantitative estimate of drug-likeness (QED) is 0.778. The minimum Gasteiger partial charge on any atom is -0.480 e. The number of hydrogen-bond donors (Lipinski definition) is 2. The van der Waals surface area contributed by atoms with E-state index in [1.807, 2.05) is 0 Å². The molecular weight excluding hydrogens is 321 g/mol. The van der Waals surface area contributed by atoms with Gasteiger partial charge in [-0.2, -0.15) is 0 Å². The molecule has 0 spiro atoms. The summed E-state index contributed by atoms with van der Waals surface area (Å²) in [4.78, 5) is 34.0. The van der Waals surface area contributed by atoms with Crippen molar-refractivity contribution in [2.24, 2.45) is 0 Å². The molecule has 21 heavy (non-hydrogen) atoms. The van der Waals surface area contributed by atoms with E-state index in [9.17, 15) is 14.4 Å². The van der Waals surface area contributed by atoms with Gasteiger partial charge in [0.05, 0.1) is 17.2 Å². The number of nitrogens with one attached hydrogen (secondary N) is 1. The first-order valence-electron chi connectivity index (χ1n) is 5.90. The standard InChI is InChI=1S/C13H13Cl2NO5/c1-21-11(17)5-4-10(13(19)20)16-12(18)7-2-3-8(14)9(15)6-7/h2-3,6,10H,4-5H2,1H3,(H,16,18)(H,19,20)/t10-/m1/s1. The van der Waals surface area contributed by atoms with Crippen LogP contribution >= 0.6 is 23.2 Å². The van der Waals surface area contributed by atoms with Crippen LogP contribution in [-0.2, 0) is 14.3 Å². The molecule has 0 saturated carbocycles. The predicted molar refractivity (Wildman–Crippen MR) is 76.6 cm³/mol. The van der Waals surface area contributed by atoms with Crippen LogP contribution in [0, 0.1) is 0 Å². The van der Waals surface area contributed by atoms with Crippen LogP contribution in [0.25, 0.3) is 0 Å². The molecule has 6 nitrogen and oxygen atoms in total. The summed E-state index contributed by atoms with van der Waals surface area (Å²) in [5, 5.41) is 11.8. The van der Waals surface area contributed by atoms with Gasteiger partial charge in [0, 0.05) is 12.0 Å². The number of carbonyl (C=O) groups is 3. The number of carbonyl (C=O) groups excluding carboxylic acids is 2. The van der Waals surface area contributed by atoms with Gasteiger partial charge in [-0.3, -0.25) is 9.59 Å². The molecule has 1 rings (SSSR count). The monoisotopic (exact) mass is 333 g/mol. The largest absolute Gasteiger partial charge is 0.480 e. The minimum absolute atomic E-state index is 0.0743. The number of carboxylic acid groups (broad SMARTS) is 1. The third-order valence-electron chi connectivity index (χ3n) is 2.65. The van der Waals surface area contributed by atoms with Crippen LogP contribution in [0.4, 0.5) is 0 Å². The molecule has 1 amide bonds. The molecule has 0 unspecified atom stereocenters. The third kappa shape index (κ3) is 5.24. The fraction of sp³-hybridized carbons (Fsp3) is 0.308. The Morgan fingerprint density at radius 3 is 2.48 bits per heavy atom. The first kappa shape index (κ1) is 17.3. The van der Waals surface area contributed by atoms with E-state index >= 15 is 0 Å². The van der Waals surface area contributed by atoms with Crippen molar-refractivity contribution in [3.63, 3.8) is 0 Å². The van der Waals surface area contributed by atoms with E-state index in [-0.39, 0.29) is 28.5 Å². The lowest BCUT2D eigenvalue weighted by molar-refractivity contribution is -0.142. The van der Waals surface area contributed by atoms with Crippen LogP contribution in [0.1, 0.15) is 23.2 Å². The molecule has 0 aliphatic heterocycles. The summed E-state index contributed by atoms with van der Waals surface area (Å²) >= 11 is 11.5. The van der Waals surface area contributed by atoms with Gasteiger partial charge >= 0.3 is 11.9 Å². The Balaban J connectivity index is 2.74. The highest BCUT2D eigenvalue weighted by Gasteiger charge is 2.22. The number of aliphatic carboxylic acids is 1. The van der Waals surface area contributed by atoms with Gasteiger partial charge in [0.25, 0.3) is 5.91 Å². The highest BCUT2D eigenvalue weighted by molar-refractivity contribution is 6.42. The number of esters is 1. The van der Waals surface area contributed by atoms with Crippen LogP contribution in [0.2, 0.25) is 10.0 Å². The molecule has 0 bridgehead atoms. The van der Waals surface area contributed by atoms with E-state index < -0.39 is 23.9 Å². The zero-order valence-corrected chi connectivity index (χ0v) is 12.6. The van der Waals surface area contributed by atoms with E-state index in [0.29, 0.717) is 0 Å². The summed E-state index contributed by atoms with van der Waals surface area (Å²) < 4.78 is 4.42. The highest BCUT2D eigenvalue weighted by atomic mass is 35.5. The molecule has 0 aromatic heterocycles. The molecule has 1 aromatic carbocycles. The first-order chi connectivity index (χ1) is 9.85. The molecule has 0 saturated heterocycles. The fourth-order valence-corrected chi connectivity index (χ4v) is 1.80. The maximum Gasteiger partial charge on any atom is 0.326 e. The zero-order valence-electron chi connectivity index (χ0n) is 11.1. The molecule has 0 heterocycles. The van der Waals surface area contributed by atoms with Gasteiger partial charge in [0.15, 0.2) is 0 Å². The Morgan fingerprint density at radius 1 is 1.29 bits per heavy atom. The number of halogens is 2. The lowest BCUT2D eigenvalue weighted by Gasteiger charge is -2.14. The maximum atomic E-state index is 11.9. The molecule has 0 aliphatic rings. The summed E-state index contributed by atoms with van der Waals surface area (Å²) in [7, 11) is 1.20. The molecular formula is C13H13Cl2NO5. The second kappa shape index (κ2) is 7.85. The van der Waals surface area contributed by atoms with Crippen molar-refractivity contribution in [3.8, 4) is 0 Å². The molecule has 8 heteroatoms. The fourth-order valence-electron chi connectivity index (χ4n) is 1.50. The van der Waals surface area contributed by atoms with E-state index in [1.165, 1.54) is 25.3 Å². The van der Waals surface area contributed by atoms with Gasteiger partial charge in [-0.15, -0.1) is 0 Å². The summed E-state index contributed by atoms with van der Waals surface area (Å²) in [5.41, 5.74) is 0.175. The normalized spacial score (nSPS) is 11.6. The molecule has 2 N–H and O–H groups in total. The van der Waals surface area contributed by atoms with Gasteiger partial charge < -0.3 is 15.2 Å². The van der Waals surface area contributed by atoms with E-state index in [4.69, 9.17) is 28.3 Å². The maximum absolute atomic E-state index is 11.9. The molecule has 114 valence electrons. The Labute approximate surface area is 131 Å². The van der Waals surface area contributed by atoms with E-state index in [2.05, 4.69) is 10.1 Å². The Bertz CT molecular complexity index is 561. The molecule has 0 aliphatic carbocycles. The van der Waals surface area contributed by atoms with Crippen molar-refractivity contribution in [1.82, 2.24) is 5.32 Å². The lowest BCUT2D eigenvalue weighted by atomic mass is 10.1. The lowest BCUT2D eigenvalue weighted by Crippen LogP contribution is -2.41. The van der Waals surface area contributed by atoms with Gasteiger partial charge in [0.2, 0.25) is 0 Å². The number of ether oxygens (including phenoxy) is 1. The van der Waals surface area contributed by atoms with Crippen molar-refractivity contribution in [2.75, 3.05) is 7.11 Å². The van der Waals surface area contributed by atoms with Crippen molar-refractivity contribution in [2.45, 2.75) is 18.9 Å².